The van der Waals surface area contributed by atoms with Gasteiger partial charge in [0.05, 0.1) is 17.9 Å². The van der Waals surface area contributed by atoms with Crippen LogP contribution in [0.15, 0.2) is 42.5 Å². The fourth-order valence-corrected chi connectivity index (χ4v) is 3.23. The molecule has 0 bridgehead atoms. The van der Waals surface area contributed by atoms with Gasteiger partial charge in [0.15, 0.2) is 0 Å². The normalized spacial score (nSPS) is 13.6. The monoisotopic (exact) mass is 404 g/mol. The van der Waals surface area contributed by atoms with Gasteiger partial charge in [-0.3, -0.25) is 9.59 Å². The third-order valence-electron chi connectivity index (χ3n) is 4.51. The van der Waals surface area contributed by atoms with Gasteiger partial charge in [0, 0.05) is 24.5 Å². The van der Waals surface area contributed by atoms with Crippen LogP contribution in [0.5, 0.6) is 5.75 Å². The maximum absolute atomic E-state index is 12.8. The Bertz CT molecular complexity index is 842. The van der Waals surface area contributed by atoms with E-state index in [0.717, 1.165) is 19.3 Å². The standard InChI is InChI=1S/C21H22ClFN2O3/c22-15-5-10-18(19(14-15)25-12-3-4-20(25)26)21(27)24-11-1-2-13-28-17-8-6-16(23)7-9-17/h5-10,14H,1-4,11-13H2,(H,24,27). The molecule has 5 nitrogen and oxygen atoms in total. The second-order valence-electron chi connectivity index (χ2n) is 6.58. The molecule has 1 heterocycles. The highest BCUT2D eigenvalue weighted by atomic mass is 35.5. The SMILES string of the molecule is O=C(NCCCCOc1ccc(F)cc1)c1ccc(Cl)cc1N1CCCC1=O. The molecule has 3 rings (SSSR count). The molecule has 2 aromatic carbocycles. The van der Waals surface area contributed by atoms with Crippen molar-refractivity contribution in [1.29, 1.82) is 0 Å². The molecule has 1 N–H and O–H groups in total. The van der Waals surface area contributed by atoms with Gasteiger partial charge in [-0.25, -0.2) is 4.39 Å². The van der Waals surface area contributed by atoms with Gasteiger partial charge in [-0.15, -0.1) is 0 Å². The molecular weight excluding hydrogens is 383 g/mol. The summed E-state index contributed by atoms with van der Waals surface area (Å²) in [6.45, 7) is 1.57. The van der Waals surface area contributed by atoms with E-state index in [1.54, 1.807) is 35.2 Å². The van der Waals surface area contributed by atoms with Gasteiger partial charge >= 0.3 is 0 Å². The third kappa shape index (κ3) is 5.23. The molecule has 1 aliphatic heterocycles. The number of carbonyl (C=O) groups is 2. The molecular formula is C21H22ClFN2O3. The first-order chi connectivity index (χ1) is 13.5. The van der Waals surface area contributed by atoms with Crippen molar-refractivity contribution < 1.29 is 18.7 Å². The summed E-state index contributed by atoms with van der Waals surface area (Å²) in [5.41, 5.74) is 1.01. The Kier molecular flexibility index (Phi) is 6.87. The number of halogens is 2. The maximum atomic E-state index is 12.8. The number of amides is 2. The first kappa shape index (κ1) is 20.1. The lowest BCUT2D eigenvalue weighted by atomic mass is 10.1. The molecule has 1 saturated heterocycles. The molecule has 1 aliphatic rings. The number of nitrogens with one attached hydrogen (secondary N) is 1. The largest absolute Gasteiger partial charge is 0.494 e. The minimum atomic E-state index is -0.299. The van der Waals surface area contributed by atoms with Crippen molar-refractivity contribution in [2.24, 2.45) is 0 Å². The van der Waals surface area contributed by atoms with Gasteiger partial charge < -0.3 is 15.0 Å². The van der Waals surface area contributed by atoms with Crippen LogP contribution in [0.1, 0.15) is 36.0 Å². The lowest BCUT2D eigenvalue weighted by Gasteiger charge is -2.19. The van der Waals surface area contributed by atoms with E-state index in [1.807, 2.05) is 0 Å². The number of nitrogens with zero attached hydrogens (tertiary/aromatic N) is 1. The summed E-state index contributed by atoms with van der Waals surface area (Å²) < 4.78 is 18.4. The predicted octanol–water partition coefficient (Wildman–Crippen LogP) is 4.19. The molecule has 2 aromatic rings. The van der Waals surface area contributed by atoms with Crippen molar-refractivity contribution in [3.63, 3.8) is 0 Å². The van der Waals surface area contributed by atoms with Gasteiger partial charge in [0.25, 0.3) is 5.91 Å². The number of rotatable bonds is 8. The Morgan fingerprint density at radius 2 is 1.96 bits per heavy atom. The van der Waals surface area contributed by atoms with Gasteiger partial charge in [-0.05, 0) is 61.7 Å². The zero-order valence-corrected chi connectivity index (χ0v) is 16.2. The molecule has 7 heteroatoms. The Balaban J connectivity index is 1.47. The zero-order valence-electron chi connectivity index (χ0n) is 15.4. The van der Waals surface area contributed by atoms with Crippen molar-refractivity contribution in [1.82, 2.24) is 5.32 Å². The van der Waals surface area contributed by atoms with Crippen LogP contribution in [0.2, 0.25) is 5.02 Å². The molecule has 2 amide bonds. The van der Waals surface area contributed by atoms with Crippen molar-refractivity contribution in [2.75, 3.05) is 24.6 Å². The molecule has 148 valence electrons. The van der Waals surface area contributed by atoms with Gasteiger partial charge in [-0.2, -0.15) is 0 Å². The van der Waals surface area contributed by atoms with Crippen molar-refractivity contribution in [2.45, 2.75) is 25.7 Å². The Labute approximate surface area is 168 Å². The second-order valence-corrected chi connectivity index (χ2v) is 7.01. The molecule has 0 unspecified atom stereocenters. The van der Waals surface area contributed by atoms with E-state index in [4.69, 9.17) is 16.3 Å². The van der Waals surface area contributed by atoms with Crippen LogP contribution in [0.3, 0.4) is 0 Å². The third-order valence-corrected chi connectivity index (χ3v) is 4.74. The van der Waals surface area contributed by atoms with Crippen LogP contribution < -0.4 is 15.0 Å². The molecule has 0 atom stereocenters. The predicted molar refractivity (Wildman–Crippen MR) is 107 cm³/mol. The summed E-state index contributed by atoms with van der Waals surface area (Å²) in [6.07, 6.45) is 2.75. The van der Waals surface area contributed by atoms with Gasteiger partial charge in [0.1, 0.15) is 11.6 Å². The molecule has 0 aliphatic carbocycles. The number of hydrogen-bond acceptors (Lipinski definition) is 3. The molecule has 0 radical (unpaired) electrons. The van der Waals surface area contributed by atoms with Gasteiger partial charge in [0.2, 0.25) is 5.91 Å². The van der Waals surface area contributed by atoms with E-state index in [1.165, 1.54) is 12.1 Å². The fourth-order valence-electron chi connectivity index (χ4n) is 3.07. The quantitative estimate of drug-likeness (QED) is 0.671. The van der Waals surface area contributed by atoms with E-state index >= 15 is 0 Å². The topological polar surface area (TPSA) is 58.6 Å². The number of ether oxygens (including phenoxy) is 1. The fraction of sp³-hybridized carbons (Fsp3) is 0.333. The molecule has 0 spiro atoms. The van der Waals surface area contributed by atoms with Crippen molar-refractivity contribution in [3.8, 4) is 5.75 Å². The highest BCUT2D eigenvalue weighted by Gasteiger charge is 2.26. The average molecular weight is 405 g/mol. The molecule has 0 saturated carbocycles. The number of benzene rings is 2. The maximum Gasteiger partial charge on any atom is 0.253 e. The lowest BCUT2D eigenvalue weighted by Crippen LogP contribution is -2.30. The molecule has 0 aromatic heterocycles. The summed E-state index contributed by atoms with van der Waals surface area (Å²) in [4.78, 5) is 26.2. The summed E-state index contributed by atoms with van der Waals surface area (Å²) in [5, 5.41) is 3.37. The number of unbranched alkanes of at least 4 members (excludes halogenated alkanes) is 1. The zero-order chi connectivity index (χ0) is 19.9. The number of anilines is 1. The van der Waals surface area contributed by atoms with E-state index < -0.39 is 0 Å². The Morgan fingerprint density at radius 3 is 2.68 bits per heavy atom. The second kappa shape index (κ2) is 9.55. The van der Waals surface area contributed by atoms with Crippen LogP contribution in [-0.2, 0) is 4.79 Å². The molecule has 1 fully saturated rings. The first-order valence-corrected chi connectivity index (χ1v) is 9.69. The minimum absolute atomic E-state index is 0.00857. The van der Waals surface area contributed by atoms with E-state index in [0.29, 0.717) is 48.1 Å². The van der Waals surface area contributed by atoms with Gasteiger partial charge in [-0.1, -0.05) is 11.6 Å². The highest BCUT2D eigenvalue weighted by Crippen LogP contribution is 2.28. The van der Waals surface area contributed by atoms with E-state index in [2.05, 4.69) is 5.32 Å². The first-order valence-electron chi connectivity index (χ1n) is 9.31. The number of carbonyl (C=O) groups excluding carboxylic acids is 2. The van der Waals surface area contributed by atoms with Crippen molar-refractivity contribution >= 4 is 29.1 Å². The highest BCUT2D eigenvalue weighted by molar-refractivity contribution is 6.31. The molecule has 28 heavy (non-hydrogen) atoms. The smallest absolute Gasteiger partial charge is 0.253 e. The van der Waals surface area contributed by atoms with Crippen molar-refractivity contribution in [3.05, 3.63) is 58.9 Å². The lowest BCUT2D eigenvalue weighted by molar-refractivity contribution is -0.117. The summed E-state index contributed by atoms with van der Waals surface area (Å²) in [5.74, 6) is 0.0962. The van der Waals surface area contributed by atoms with Crippen LogP contribution in [0, 0.1) is 5.82 Å². The van der Waals surface area contributed by atoms with Crippen LogP contribution in [0.4, 0.5) is 10.1 Å². The van der Waals surface area contributed by atoms with Crippen LogP contribution >= 0.6 is 11.6 Å². The van der Waals surface area contributed by atoms with E-state index in [-0.39, 0.29) is 17.6 Å². The summed E-state index contributed by atoms with van der Waals surface area (Å²) >= 11 is 6.06. The number of hydrogen-bond donors (Lipinski definition) is 1. The van der Waals surface area contributed by atoms with E-state index in [9.17, 15) is 14.0 Å². The average Bonchev–Trinajstić information content (AvgIpc) is 3.11. The minimum Gasteiger partial charge on any atom is -0.494 e. The Morgan fingerprint density at radius 1 is 1.18 bits per heavy atom. The summed E-state index contributed by atoms with van der Waals surface area (Å²) in [6, 6.07) is 10.8. The summed E-state index contributed by atoms with van der Waals surface area (Å²) in [7, 11) is 0. The Hall–Kier alpha value is -2.60. The van der Waals surface area contributed by atoms with Crippen LogP contribution in [0.25, 0.3) is 0 Å². The van der Waals surface area contributed by atoms with Crippen LogP contribution in [-0.4, -0.2) is 31.5 Å².